The first-order valence-electron chi connectivity index (χ1n) is 6.48. The Kier molecular flexibility index (Phi) is 3.22. The Morgan fingerprint density at radius 1 is 1.00 bits per heavy atom. The molecule has 102 valence electrons. The van der Waals surface area contributed by atoms with E-state index in [-0.39, 0.29) is 23.5 Å². The summed E-state index contributed by atoms with van der Waals surface area (Å²) in [7, 11) is 0. The first-order chi connectivity index (χ1) is 9.63. The van der Waals surface area contributed by atoms with Crippen LogP contribution < -0.4 is 5.32 Å². The summed E-state index contributed by atoms with van der Waals surface area (Å²) in [5.74, 6) is -0.841. The number of benzene rings is 2. The van der Waals surface area contributed by atoms with Gasteiger partial charge in [-0.25, -0.2) is 8.78 Å². The lowest BCUT2D eigenvalue weighted by Crippen LogP contribution is -2.09. The molecular formula is C16H13F2NO. The molecule has 4 heteroatoms. The van der Waals surface area contributed by atoms with Gasteiger partial charge in [-0.15, -0.1) is 0 Å². The van der Waals surface area contributed by atoms with Crippen molar-refractivity contribution < 1.29 is 13.6 Å². The summed E-state index contributed by atoms with van der Waals surface area (Å²) in [4.78, 5) is 11.7. The van der Waals surface area contributed by atoms with Crippen LogP contribution in [-0.4, -0.2) is 5.91 Å². The van der Waals surface area contributed by atoms with E-state index in [4.69, 9.17) is 0 Å². The Balaban J connectivity index is 2.08. The molecule has 0 bridgehead atoms. The molecule has 20 heavy (non-hydrogen) atoms. The zero-order valence-electron chi connectivity index (χ0n) is 10.7. The van der Waals surface area contributed by atoms with Gasteiger partial charge < -0.3 is 5.32 Å². The highest BCUT2D eigenvalue weighted by Gasteiger charge is 2.23. The molecular weight excluding hydrogens is 260 g/mol. The first-order valence-corrected chi connectivity index (χ1v) is 6.48. The van der Waals surface area contributed by atoms with Crippen molar-refractivity contribution in [3.63, 3.8) is 0 Å². The predicted octanol–water partition coefficient (Wildman–Crippen LogP) is 3.83. The Labute approximate surface area is 115 Å². The molecule has 2 aromatic rings. The van der Waals surface area contributed by atoms with Crippen molar-refractivity contribution in [3.05, 3.63) is 65.2 Å². The van der Waals surface area contributed by atoms with Crippen LogP contribution in [0.2, 0.25) is 0 Å². The van der Waals surface area contributed by atoms with Crippen molar-refractivity contribution in [1.82, 2.24) is 0 Å². The normalized spacial score (nSPS) is 18.1. The average Bonchev–Trinajstić information content (AvgIpc) is 2.58. The third-order valence-corrected chi connectivity index (χ3v) is 3.60. The van der Waals surface area contributed by atoms with Crippen LogP contribution in [0, 0.1) is 11.6 Å². The number of rotatable bonds is 1. The average molecular weight is 273 g/mol. The van der Waals surface area contributed by atoms with Gasteiger partial charge in [0.05, 0.1) is 0 Å². The molecule has 1 N–H and O–H groups in total. The molecule has 0 radical (unpaired) electrons. The van der Waals surface area contributed by atoms with Crippen LogP contribution in [0.5, 0.6) is 0 Å². The summed E-state index contributed by atoms with van der Waals surface area (Å²) in [6.45, 7) is 0. The van der Waals surface area contributed by atoms with E-state index in [1.165, 1.54) is 24.3 Å². The van der Waals surface area contributed by atoms with Gasteiger partial charge in [0.25, 0.3) is 0 Å². The van der Waals surface area contributed by atoms with Crippen molar-refractivity contribution in [3.8, 4) is 0 Å². The van der Waals surface area contributed by atoms with Gasteiger partial charge in [-0.1, -0.05) is 18.2 Å². The number of carbonyl (C=O) groups excluding carboxylic acids is 1. The van der Waals surface area contributed by atoms with E-state index < -0.39 is 0 Å². The number of nitrogens with one attached hydrogen (secondary N) is 1. The zero-order chi connectivity index (χ0) is 14.1. The minimum absolute atomic E-state index is 0.0369. The molecule has 0 saturated carbocycles. The highest BCUT2D eigenvalue weighted by Crippen LogP contribution is 2.36. The van der Waals surface area contributed by atoms with Crippen molar-refractivity contribution >= 4 is 11.6 Å². The van der Waals surface area contributed by atoms with Crippen LogP contribution in [-0.2, 0) is 4.79 Å². The molecule has 0 aromatic heterocycles. The molecule has 0 fully saturated rings. The molecule has 2 nitrogen and oxygen atoms in total. The summed E-state index contributed by atoms with van der Waals surface area (Å²) in [6.07, 6.45) is 0.981. The van der Waals surface area contributed by atoms with Crippen LogP contribution in [0.25, 0.3) is 0 Å². The van der Waals surface area contributed by atoms with E-state index in [9.17, 15) is 13.6 Å². The molecule has 1 aliphatic heterocycles. The summed E-state index contributed by atoms with van der Waals surface area (Å²) >= 11 is 0. The standard InChI is InChI=1S/C16H13F2NO/c17-11-3-1-10(2-4-11)13-7-8-16(20)19-15-9-12(18)5-6-14(13)15/h1-6,9,13H,7-8H2,(H,19,20). The fraction of sp³-hybridized carbons (Fsp3) is 0.188. The number of fused-ring (bicyclic) bond motifs is 1. The summed E-state index contributed by atoms with van der Waals surface area (Å²) in [5, 5.41) is 2.72. The monoisotopic (exact) mass is 273 g/mol. The maximum atomic E-state index is 13.3. The smallest absolute Gasteiger partial charge is 0.224 e. The topological polar surface area (TPSA) is 29.1 Å². The maximum absolute atomic E-state index is 13.3. The molecule has 1 amide bonds. The van der Waals surface area contributed by atoms with Gasteiger partial charge in [0.15, 0.2) is 0 Å². The Morgan fingerprint density at radius 3 is 2.45 bits per heavy atom. The Hall–Kier alpha value is -2.23. The lowest BCUT2D eigenvalue weighted by molar-refractivity contribution is -0.116. The zero-order valence-corrected chi connectivity index (χ0v) is 10.7. The van der Waals surface area contributed by atoms with Gasteiger partial charge >= 0.3 is 0 Å². The number of halogens is 2. The molecule has 0 spiro atoms. The van der Waals surface area contributed by atoms with Crippen molar-refractivity contribution in [2.24, 2.45) is 0 Å². The van der Waals surface area contributed by atoms with Crippen molar-refractivity contribution in [2.45, 2.75) is 18.8 Å². The molecule has 0 aliphatic carbocycles. The lowest BCUT2D eigenvalue weighted by atomic mass is 9.87. The van der Waals surface area contributed by atoms with Gasteiger partial charge in [-0.05, 0) is 41.8 Å². The second-order valence-electron chi connectivity index (χ2n) is 4.92. The fourth-order valence-corrected chi connectivity index (χ4v) is 2.63. The molecule has 1 aliphatic rings. The van der Waals surface area contributed by atoms with Gasteiger partial charge in [-0.3, -0.25) is 4.79 Å². The van der Waals surface area contributed by atoms with E-state index in [2.05, 4.69) is 5.32 Å². The van der Waals surface area contributed by atoms with E-state index >= 15 is 0 Å². The van der Waals surface area contributed by atoms with Crippen LogP contribution in [0.3, 0.4) is 0 Å². The predicted molar refractivity (Wildman–Crippen MR) is 72.5 cm³/mol. The highest BCUT2D eigenvalue weighted by atomic mass is 19.1. The minimum Gasteiger partial charge on any atom is -0.326 e. The number of carbonyl (C=O) groups is 1. The van der Waals surface area contributed by atoms with Gasteiger partial charge in [0.2, 0.25) is 5.91 Å². The third-order valence-electron chi connectivity index (χ3n) is 3.60. The highest BCUT2D eigenvalue weighted by molar-refractivity contribution is 5.92. The quantitative estimate of drug-likeness (QED) is 0.840. The summed E-state index contributed by atoms with van der Waals surface area (Å²) in [6, 6.07) is 10.6. The minimum atomic E-state index is -0.385. The van der Waals surface area contributed by atoms with Gasteiger partial charge in [0.1, 0.15) is 11.6 Å². The van der Waals surface area contributed by atoms with Crippen LogP contribution >= 0.6 is 0 Å². The maximum Gasteiger partial charge on any atom is 0.224 e. The van der Waals surface area contributed by atoms with Crippen molar-refractivity contribution in [2.75, 3.05) is 5.32 Å². The number of hydrogen-bond donors (Lipinski definition) is 1. The molecule has 1 atom stereocenters. The van der Waals surface area contributed by atoms with E-state index in [0.29, 0.717) is 18.5 Å². The Bertz CT molecular complexity index is 652. The molecule has 1 heterocycles. The second-order valence-corrected chi connectivity index (χ2v) is 4.92. The number of hydrogen-bond acceptors (Lipinski definition) is 1. The fourth-order valence-electron chi connectivity index (χ4n) is 2.63. The molecule has 0 saturated heterocycles. The van der Waals surface area contributed by atoms with Gasteiger partial charge in [0, 0.05) is 18.0 Å². The molecule has 1 unspecified atom stereocenters. The summed E-state index contributed by atoms with van der Waals surface area (Å²) < 4.78 is 26.4. The third kappa shape index (κ3) is 2.41. The Morgan fingerprint density at radius 2 is 1.70 bits per heavy atom. The largest absolute Gasteiger partial charge is 0.326 e. The van der Waals surface area contributed by atoms with Crippen LogP contribution in [0.4, 0.5) is 14.5 Å². The van der Waals surface area contributed by atoms with Crippen molar-refractivity contribution in [1.29, 1.82) is 0 Å². The molecule has 2 aromatic carbocycles. The van der Waals surface area contributed by atoms with Gasteiger partial charge in [-0.2, -0.15) is 0 Å². The first kappa shape index (κ1) is 12.8. The SMILES string of the molecule is O=C1CCC(c2ccc(F)cc2)c2ccc(F)cc2N1. The van der Waals surface area contributed by atoms with E-state index in [1.807, 2.05) is 0 Å². The number of anilines is 1. The van der Waals surface area contributed by atoms with E-state index in [0.717, 1.165) is 11.1 Å². The lowest BCUT2D eigenvalue weighted by Gasteiger charge is -2.17. The molecule has 3 rings (SSSR count). The second kappa shape index (κ2) is 5.04. The summed E-state index contributed by atoms with van der Waals surface area (Å²) in [5.41, 5.74) is 2.29. The van der Waals surface area contributed by atoms with Crippen LogP contribution in [0.1, 0.15) is 29.9 Å². The number of amides is 1. The van der Waals surface area contributed by atoms with E-state index in [1.54, 1.807) is 18.2 Å². The van der Waals surface area contributed by atoms with Crippen LogP contribution in [0.15, 0.2) is 42.5 Å².